The normalized spacial score (nSPS) is 10.5. The van der Waals surface area contributed by atoms with Gasteiger partial charge in [0, 0.05) is 12.2 Å². The van der Waals surface area contributed by atoms with E-state index in [2.05, 4.69) is 10.6 Å². The largest absolute Gasteiger partial charge is 0.493 e. The standard InChI is InChI=1S/C24H25N3O6/c1-4-26-22(28)15-33-20-11-6-16(13-21(20)31-3)12-18(14-25)23(29)27-19-9-7-17(8-10-19)24(30)32-5-2/h6-13H,4-5,15H2,1-3H3,(H,26,28)(H,27,29)/b18-12+. The van der Waals surface area contributed by atoms with Gasteiger partial charge in [-0.1, -0.05) is 6.07 Å². The van der Waals surface area contributed by atoms with Crippen molar-refractivity contribution < 1.29 is 28.6 Å². The molecule has 2 amide bonds. The lowest BCUT2D eigenvalue weighted by Gasteiger charge is -2.11. The molecular weight excluding hydrogens is 426 g/mol. The van der Waals surface area contributed by atoms with Crippen molar-refractivity contribution in [1.82, 2.24) is 5.32 Å². The van der Waals surface area contributed by atoms with Crippen LogP contribution < -0.4 is 20.1 Å². The van der Waals surface area contributed by atoms with Crippen LogP contribution in [0.3, 0.4) is 0 Å². The molecule has 0 radical (unpaired) electrons. The molecule has 0 aliphatic heterocycles. The Balaban J connectivity index is 2.12. The van der Waals surface area contributed by atoms with Gasteiger partial charge >= 0.3 is 5.97 Å². The first-order valence-electron chi connectivity index (χ1n) is 10.2. The van der Waals surface area contributed by atoms with E-state index in [9.17, 15) is 19.6 Å². The molecule has 9 nitrogen and oxygen atoms in total. The summed E-state index contributed by atoms with van der Waals surface area (Å²) in [6.45, 7) is 4.11. The van der Waals surface area contributed by atoms with Crippen LogP contribution in [0.5, 0.6) is 11.5 Å². The molecule has 2 rings (SSSR count). The number of hydrogen-bond acceptors (Lipinski definition) is 7. The SMILES string of the molecule is CCNC(=O)COc1ccc(/C=C(\C#N)C(=O)Nc2ccc(C(=O)OCC)cc2)cc1OC. The minimum absolute atomic E-state index is 0.137. The van der Waals surface area contributed by atoms with Gasteiger partial charge in [0.05, 0.1) is 19.3 Å². The summed E-state index contributed by atoms with van der Waals surface area (Å²) >= 11 is 0. The number of likely N-dealkylation sites (N-methyl/N-ethyl adjacent to an activating group) is 1. The van der Waals surface area contributed by atoms with Gasteiger partial charge in [-0.3, -0.25) is 9.59 Å². The average molecular weight is 451 g/mol. The molecule has 0 atom stereocenters. The Morgan fingerprint density at radius 2 is 1.79 bits per heavy atom. The summed E-state index contributed by atoms with van der Waals surface area (Å²) in [7, 11) is 1.44. The highest BCUT2D eigenvalue weighted by Crippen LogP contribution is 2.29. The van der Waals surface area contributed by atoms with E-state index in [1.54, 1.807) is 44.2 Å². The fourth-order valence-corrected chi connectivity index (χ4v) is 2.70. The number of rotatable bonds is 10. The third-order valence-corrected chi connectivity index (χ3v) is 4.25. The van der Waals surface area contributed by atoms with Gasteiger partial charge in [-0.05, 0) is 61.9 Å². The van der Waals surface area contributed by atoms with Crippen molar-refractivity contribution in [2.45, 2.75) is 13.8 Å². The number of ether oxygens (including phenoxy) is 3. The first kappa shape index (κ1) is 24.9. The fourth-order valence-electron chi connectivity index (χ4n) is 2.70. The van der Waals surface area contributed by atoms with E-state index >= 15 is 0 Å². The molecule has 0 unspecified atom stereocenters. The highest BCUT2D eigenvalue weighted by molar-refractivity contribution is 6.09. The molecule has 0 aliphatic rings. The molecule has 0 aromatic heterocycles. The molecule has 9 heteroatoms. The van der Waals surface area contributed by atoms with Crippen molar-refractivity contribution in [3.63, 3.8) is 0 Å². The number of nitrogens with zero attached hydrogens (tertiary/aromatic N) is 1. The van der Waals surface area contributed by atoms with Crippen molar-refractivity contribution in [1.29, 1.82) is 5.26 Å². The number of benzene rings is 2. The molecule has 0 heterocycles. The summed E-state index contributed by atoms with van der Waals surface area (Å²) in [6.07, 6.45) is 1.40. The third kappa shape index (κ3) is 7.40. The van der Waals surface area contributed by atoms with E-state index < -0.39 is 11.9 Å². The van der Waals surface area contributed by atoms with Gasteiger partial charge in [0.25, 0.3) is 11.8 Å². The Hall–Kier alpha value is -4.32. The Bertz CT molecular complexity index is 1070. The van der Waals surface area contributed by atoms with Gasteiger partial charge in [-0.2, -0.15) is 5.26 Å². The average Bonchev–Trinajstić information content (AvgIpc) is 2.82. The summed E-state index contributed by atoms with van der Waals surface area (Å²) < 4.78 is 15.7. The van der Waals surface area contributed by atoms with Gasteiger partial charge in [0.2, 0.25) is 0 Å². The smallest absolute Gasteiger partial charge is 0.338 e. The molecule has 0 saturated heterocycles. The van der Waals surface area contributed by atoms with Crippen molar-refractivity contribution in [2.24, 2.45) is 0 Å². The van der Waals surface area contributed by atoms with E-state index in [0.717, 1.165) is 0 Å². The highest BCUT2D eigenvalue weighted by Gasteiger charge is 2.13. The maximum atomic E-state index is 12.5. The van der Waals surface area contributed by atoms with E-state index in [4.69, 9.17) is 14.2 Å². The van der Waals surface area contributed by atoms with Crippen LogP contribution in [0.1, 0.15) is 29.8 Å². The Labute approximate surface area is 191 Å². The summed E-state index contributed by atoms with van der Waals surface area (Å²) in [4.78, 5) is 35.8. The van der Waals surface area contributed by atoms with Crippen molar-refractivity contribution in [3.05, 3.63) is 59.2 Å². The summed E-state index contributed by atoms with van der Waals surface area (Å²) in [5.74, 6) is -0.634. The van der Waals surface area contributed by atoms with Gasteiger partial charge in [0.1, 0.15) is 11.6 Å². The fraction of sp³-hybridized carbons (Fsp3) is 0.250. The summed E-state index contributed by atoms with van der Waals surface area (Å²) in [6, 6.07) is 12.8. The number of methoxy groups -OCH3 is 1. The quantitative estimate of drug-likeness (QED) is 0.323. The number of amides is 2. The number of nitriles is 1. The second-order valence-electron chi connectivity index (χ2n) is 6.57. The number of esters is 1. The van der Waals surface area contributed by atoms with E-state index in [1.165, 1.54) is 25.3 Å². The predicted octanol–water partition coefficient (Wildman–Crippen LogP) is 2.93. The molecule has 0 fully saturated rings. The molecule has 2 aromatic carbocycles. The third-order valence-electron chi connectivity index (χ3n) is 4.25. The molecule has 0 bridgehead atoms. The Morgan fingerprint density at radius 3 is 2.39 bits per heavy atom. The van der Waals surface area contributed by atoms with Crippen molar-refractivity contribution in [2.75, 3.05) is 32.2 Å². The highest BCUT2D eigenvalue weighted by atomic mass is 16.5. The maximum Gasteiger partial charge on any atom is 0.338 e. The first-order valence-corrected chi connectivity index (χ1v) is 10.2. The van der Waals surface area contributed by atoms with E-state index in [0.29, 0.717) is 34.9 Å². The van der Waals surface area contributed by atoms with Crippen molar-refractivity contribution in [3.8, 4) is 17.6 Å². The van der Waals surface area contributed by atoms with Crippen molar-refractivity contribution >= 4 is 29.5 Å². The number of anilines is 1. The summed E-state index contributed by atoms with van der Waals surface area (Å²) in [5, 5.41) is 14.7. The van der Waals surface area contributed by atoms with Crippen LogP contribution in [0.15, 0.2) is 48.0 Å². The minimum Gasteiger partial charge on any atom is -0.493 e. The number of carbonyl (C=O) groups is 3. The lowest BCUT2D eigenvalue weighted by molar-refractivity contribution is -0.123. The minimum atomic E-state index is -0.614. The summed E-state index contributed by atoms with van der Waals surface area (Å²) in [5.41, 5.74) is 1.16. The van der Waals surface area contributed by atoms with Crippen LogP contribution in [-0.4, -0.2) is 44.7 Å². The lowest BCUT2D eigenvalue weighted by Crippen LogP contribution is -2.28. The van der Waals surface area contributed by atoms with Gasteiger partial charge in [-0.25, -0.2) is 4.79 Å². The monoisotopic (exact) mass is 451 g/mol. The molecular formula is C24H25N3O6. The second kappa shape index (κ2) is 12.5. The molecule has 33 heavy (non-hydrogen) atoms. The number of carbonyl (C=O) groups excluding carboxylic acids is 3. The Morgan fingerprint density at radius 1 is 1.06 bits per heavy atom. The first-order chi connectivity index (χ1) is 15.9. The zero-order valence-corrected chi connectivity index (χ0v) is 18.6. The molecule has 0 aliphatic carbocycles. The molecule has 0 spiro atoms. The van der Waals surface area contributed by atoms with Crippen LogP contribution in [-0.2, 0) is 14.3 Å². The van der Waals surface area contributed by atoms with Crippen LogP contribution >= 0.6 is 0 Å². The van der Waals surface area contributed by atoms with Crippen LogP contribution in [0.2, 0.25) is 0 Å². The van der Waals surface area contributed by atoms with Gasteiger partial charge < -0.3 is 24.8 Å². The molecule has 2 aromatic rings. The predicted molar refractivity (Wildman–Crippen MR) is 122 cm³/mol. The second-order valence-corrected chi connectivity index (χ2v) is 6.57. The van der Waals surface area contributed by atoms with E-state index in [-0.39, 0.29) is 24.7 Å². The zero-order chi connectivity index (χ0) is 24.2. The number of nitrogens with one attached hydrogen (secondary N) is 2. The molecule has 0 saturated carbocycles. The zero-order valence-electron chi connectivity index (χ0n) is 18.6. The van der Waals surface area contributed by atoms with Gasteiger partial charge in [-0.15, -0.1) is 0 Å². The van der Waals surface area contributed by atoms with Gasteiger partial charge in [0.15, 0.2) is 18.1 Å². The van der Waals surface area contributed by atoms with Crippen LogP contribution in [0.25, 0.3) is 6.08 Å². The van der Waals surface area contributed by atoms with Crippen LogP contribution in [0.4, 0.5) is 5.69 Å². The van der Waals surface area contributed by atoms with Crippen LogP contribution in [0, 0.1) is 11.3 Å². The molecule has 2 N–H and O–H groups in total. The number of hydrogen-bond donors (Lipinski definition) is 2. The maximum absolute atomic E-state index is 12.5. The Kier molecular flexibility index (Phi) is 9.46. The lowest BCUT2D eigenvalue weighted by atomic mass is 10.1. The molecule has 172 valence electrons. The topological polar surface area (TPSA) is 127 Å². The van der Waals surface area contributed by atoms with E-state index in [1.807, 2.05) is 6.07 Å².